The van der Waals surface area contributed by atoms with E-state index in [0.29, 0.717) is 12.8 Å². The highest BCUT2D eigenvalue weighted by atomic mass is 16.5. The number of carbonyl (C=O) groups excluding carboxylic acids is 2. The minimum atomic E-state index is 0.0606. The maximum Gasteiger partial charge on any atom is 0.306 e. The molecule has 46 heavy (non-hydrogen) atoms. The average molecular weight is 643 g/mol. The number of rotatable bonds is 21. The zero-order valence-corrected chi connectivity index (χ0v) is 30.5. The molecule has 4 aliphatic carbocycles. The second-order valence-corrected chi connectivity index (χ2v) is 16.8. The van der Waals surface area contributed by atoms with E-state index >= 15 is 0 Å². The summed E-state index contributed by atoms with van der Waals surface area (Å²) in [7, 11) is 0. The Morgan fingerprint density at radius 1 is 0.478 bits per heavy atom. The van der Waals surface area contributed by atoms with E-state index in [1.54, 1.807) is 0 Å². The number of unbranched alkanes of at least 4 members (excludes halogenated alkanes) is 10. The molecule has 0 aromatic carbocycles. The smallest absolute Gasteiger partial charge is 0.306 e. The molecule has 4 saturated carbocycles. The maximum atomic E-state index is 12.4. The third-order valence-corrected chi connectivity index (χ3v) is 12.9. The van der Waals surface area contributed by atoms with Crippen LogP contribution in [-0.2, 0) is 19.1 Å². The lowest BCUT2D eigenvalue weighted by molar-refractivity contribution is -0.153. The third kappa shape index (κ3) is 14.2. The quantitative estimate of drug-likeness (QED) is 0.0923. The van der Waals surface area contributed by atoms with Gasteiger partial charge in [-0.15, -0.1) is 0 Å². The Morgan fingerprint density at radius 2 is 0.848 bits per heavy atom. The summed E-state index contributed by atoms with van der Waals surface area (Å²) >= 11 is 0. The third-order valence-electron chi connectivity index (χ3n) is 12.9. The van der Waals surface area contributed by atoms with E-state index in [0.717, 1.165) is 74.0 Å². The summed E-state index contributed by atoms with van der Waals surface area (Å²) in [6.07, 6.45) is 37.4. The Labute approximate surface area is 284 Å². The Bertz CT molecular complexity index is 774. The summed E-state index contributed by atoms with van der Waals surface area (Å²) in [5.74, 6) is 5.24. The maximum absolute atomic E-state index is 12.4. The molecule has 0 aromatic rings. The van der Waals surface area contributed by atoms with Crippen molar-refractivity contribution in [3.63, 3.8) is 0 Å². The van der Waals surface area contributed by atoms with Crippen LogP contribution >= 0.6 is 0 Å². The fraction of sp³-hybridized carbons (Fsp3) is 0.952. The summed E-state index contributed by atoms with van der Waals surface area (Å²) in [6.45, 7) is 4.81. The van der Waals surface area contributed by atoms with Gasteiger partial charge in [-0.05, 0) is 86.9 Å². The Kier molecular flexibility index (Phi) is 17.9. The van der Waals surface area contributed by atoms with Crippen molar-refractivity contribution >= 4 is 11.9 Å². The van der Waals surface area contributed by atoms with Gasteiger partial charge in [-0.3, -0.25) is 9.59 Å². The van der Waals surface area contributed by atoms with Gasteiger partial charge in [-0.2, -0.15) is 0 Å². The number of esters is 2. The van der Waals surface area contributed by atoms with Crippen molar-refractivity contribution in [3.8, 4) is 0 Å². The molecule has 0 N–H and O–H groups in total. The van der Waals surface area contributed by atoms with Crippen molar-refractivity contribution in [1.82, 2.24) is 0 Å². The highest BCUT2D eigenvalue weighted by Gasteiger charge is 2.34. The second-order valence-electron chi connectivity index (χ2n) is 16.8. The minimum Gasteiger partial charge on any atom is -0.462 e. The van der Waals surface area contributed by atoms with E-state index < -0.39 is 0 Å². The SMILES string of the molecule is CC(C)C(CCCCCCCCC(=O)OC1CCC2CCCCC2C1)CCCCCCCCC(=O)OC1CCC2CCCCC2C1. The lowest BCUT2D eigenvalue weighted by atomic mass is 9.70. The second kappa shape index (κ2) is 21.8. The Balaban J connectivity index is 0.909. The molecule has 0 bridgehead atoms. The number of ether oxygens (including phenoxy) is 2. The molecule has 0 aromatic heterocycles. The van der Waals surface area contributed by atoms with Gasteiger partial charge in [0.2, 0.25) is 0 Å². The molecule has 4 aliphatic rings. The highest BCUT2D eigenvalue weighted by Crippen LogP contribution is 2.42. The molecule has 4 nitrogen and oxygen atoms in total. The van der Waals surface area contributed by atoms with Crippen molar-refractivity contribution in [1.29, 1.82) is 0 Å². The first-order valence-electron chi connectivity index (χ1n) is 20.9. The van der Waals surface area contributed by atoms with Gasteiger partial charge in [-0.1, -0.05) is 142 Å². The molecule has 4 rings (SSSR count). The summed E-state index contributed by atoms with van der Waals surface area (Å²) in [4.78, 5) is 24.8. The number of fused-ring (bicyclic) bond motifs is 2. The van der Waals surface area contributed by atoms with Crippen LogP contribution in [0.4, 0.5) is 0 Å². The predicted octanol–water partition coefficient (Wildman–Crippen LogP) is 12.3. The standard InChI is InChI=1S/C42H74O4/c1-33(2)34(19-11-7-3-5-9-13-25-41(43)45-39-29-27-35-21-15-17-23-37(35)31-39)20-12-8-4-6-10-14-26-42(44)46-40-30-28-36-22-16-18-24-38(36)32-40/h33-40H,3-32H2,1-2H3. The van der Waals surface area contributed by atoms with Gasteiger partial charge in [0.25, 0.3) is 0 Å². The van der Waals surface area contributed by atoms with Crippen molar-refractivity contribution in [2.45, 2.75) is 219 Å². The van der Waals surface area contributed by atoms with Crippen LogP contribution in [0.25, 0.3) is 0 Å². The molecular formula is C42H74O4. The first-order chi connectivity index (χ1) is 22.5. The first-order valence-corrected chi connectivity index (χ1v) is 20.9. The normalized spacial score (nSPS) is 28.7. The van der Waals surface area contributed by atoms with Gasteiger partial charge in [0.15, 0.2) is 0 Å². The predicted molar refractivity (Wildman–Crippen MR) is 191 cm³/mol. The largest absolute Gasteiger partial charge is 0.462 e. The Hall–Kier alpha value is -1.06. The van der Waals surface area contributed by atoms with Crippen molar-refractivity contribution in [2.24, 2.45) is 35.5 Å². The van der Waals surface area contributed by atoms with E-state index in [9.17, 15) is 9.59 Å². The highest BCUT2D eigenvalue weighted by molar-refractivity contribution is 5.69. The van der Waals surface area contributed by atoms with Crippen LogP contribution in [0.3, 0.4) is 0 Å². The lowest BCUT2D eigenvalue weighted by Gasteiger charge is -2.38. The first kappa shape index (κ1) is 37.8. The topological polar surface area (TPSA) is 52.6 Å². The van der Waals surface area contributed by atoms with Crippen LogP contribution in [0.15, 0.2) is 0 Å². The van der Waals surface area contributed by atoms with E-state index in [1.807, 2.05) is 0 Å². The van der Waals surface area contributed by atoms with Gasteiger partial charge in [0.05, 0.1) is 0 Å². The molecule has 0 amide bonds. The minimum absolute atomic E-state index is 0.0606. The lowest BCUT2D eigenvalue weighted by Crippen LogP contribution is -2.32. The molecular weight excluding hydrogens is 568 g/mol. The van der Waals surface area contributed by atoms with Crippen LogP contribution in [-0.4, -0.2) is 24.1 Å². The molecule has 0 saturated heterocycles. The Morgan fingerprint density at radius 3 is 1.26 bits per heavy atom. The van der Waals surface area contributed by atoms with Crippen LogP contribution in [0.5, 0.6) is 0 Å². The molecule has 0 aliphatic heterocycles. The zero-order chi connectivity index (χ0) is 32.4. The molecule has 6 unspecified atom stereocenters. The van der Waals surface area contributed by atoms with Gasteiger partial charge in [-0.25, -0.2) is 0 Å². The van der Waals surface area contributed by atoms with Crippen molar-refractivity contribution in [2.75, 3.05) is 0 Å². The fourth-order valence-electron chi connectivity index (χ4n) is 9.94. The van der Waals surface area contributed by atoms with E-state index in [1.165, 1.54) is 141 Å². The van der Waals surface area contributed by atoms with Gasteiger partial charge < -0.3 is 9.47 Å². The van der Waals surface area contributed by atoms with Crippen molar-refractivity contribution < 1.29 is 19.1 Å². The van der Waals surface area contributed by atoms with E-state index in [4.69, 9.17) is 9.47 Å². The number of hydrogen-bond acceptors (Lipinski definition) is 4. The fourth-order valence-corrected chi connectivity index (χ4v) is 9.94. The van der Waals surface area contributed by atoms with E-state index in [-0.39, 0.29) is 24.1 Å². The molecule has 6 atom stereocenters. The average Bonchev–Trinajstić information content (AvgIpc) is 3.05. The van der Waals surface area contributed by atoms with Crippen LogP contribution < -0.4 is 0 Å². The molecule has 266 valence electrons. The molecule has 4 heteroatoms. The number of carbonyl (C=O) groups is 2. The summed E-state index contributed by atoms with van der Waals surface area (Å²) < 4.78 is 11.8. The van der Waals surface area contributed by atoms with Crippen LogP contribution in [0, 0.1) is 35.5 Å². The van der Waals surface area contributed by atoms with Crippen LogP contribution in [0.1, 0.15) is 206 Å². The number of hydrogen-bond donors (Lipinski definition) is 0. The summed E-state index contributed by atoms with van der Waals surface area (Å²) in [5.41, 5.74) is 0. The van der Waals surface area contributed by atoms with Crippen LogP contribution in [0.2, 0.25) is 0 Å². The van der Waals surface area contributed by atoms with Gasteiger partial charge >= 0.3 is 11.9 Å². The van der Waals surface area contributed by atoms with Gasteiger partial charge in [0, 0.05) is 12.8 Å². The van der Waals surface area contributed by atoms with E-state index in [2.05, 4.69) is 13.8 Å². The van der Waals surface area contributed by atoms with Crippen molar-refractivity contribution in [3.05, 3.63) is 0 Å². The summed E-state index contributed by atoms with van der Waals surface area (Å²) in [6, 6.07) is 0. The monoisotopic (exact) mass is 643 g/mol. The zero-order valence-electron chi connectivity index (χ0n) is 30.5. The molecule has 0 radical (unpaired) electrons. The molecule has 0 spiro atoms. The summed E-state index contributed by atoms with van der Waals surface area (Å²) in [5, 5.41) is 0. The molecule has 0 heterocycles. The van der Waals surface area contributed by atoms with Gasteiger partial charge in [0.1, 0.15) is 12.2 Å². The molecule has 4 fully saturated rings.